The van der Waals surface area contributed by atoms with Crippen LogP contribution in [0.4, 0.5) is 0 Å². The number of hydrogen-bond acceptors (Lipinski definition) is 5. The molecule has 0 radical (unpaired) electrons. The molecule has 0 saturated carbocycles. The van der Waals surface area contributed by atoms with Crippen LogP contribution in [0.5, 0.6) is 0 Å². The molecule has 0 aromatic rings. The van der Waals surface area contributed by atoms with Crippen molar-refractivity contribution in [3.05, 3.63) is 0 Å². The highest BCUT2D eigenvalue weighted by atomic mass is 16.7. The van der Waals surface area contributed by atoms with Crippen molar-refractivity contribution in [1.29, 1.82) is 0 Å². The molecular weight excluding hydrogens is 298 g/mol. The summed E-state index contributed by atoms with van der Waals surface area (Å²) in [6.07, 6.45) is 2.98. The van der Waals surface area contributed by atoms with Gasteiger partial charge in [-0.3, -0.25) is 19.3 Å². The van der Waals surface area contributed by atoms with E-state index in [0.717, 1.165) is 52.2 Å². The van der Waals surface area contributed by atoms with Gasteiger partial charge in [-0.15, -0.1) is 0 Å². The number of nitrogens with zero attached hydrogens (tertiary/aromatic N) is 3. The third kappa shape index (κ3) is 4.43. The van der Waals surface area contributed by atoms with E-state index in [1.54, 1.807) is 0 Å². The van der Waals surface area contributed by atoms with Crippen molar-refractivity contribution in [3.8, 4) is 0 Å². The number of rotatable bonds is 5. The minimum absolute atomic E-state index is 0.0492. The molecule has 3 heterocycles. The third-order valence-corrected chi connectivity index (χ3v) is 4.85. The van der Waals surface area contributed by atoms with Gasteiger partial charge in [-0.25, -0.2) is 5.06 Å². The predicted octanol–water partition coefficient (Wildman–Crippen LogP) is 0.111. The molecule has 3 saturated heterocycles. The van der Waals surface area contributed by atoms with E-state index < -0.39 is 0 Å². The van der Waals surface area contributed by atoms with Crippen molar-refractivity contribution in [1.82, 2.24) is 14.9 Å². The highest BCUT2D eigenvalue weighted by Gasteiger charge is 2.34. The summed E-state index contributed by atoms with van der Waals surface area (Å²) < 4.78 is 5.34. The van der Waals surface area contributed by atoms with Crippen LogP contribution in [-0.4, -0.2) is 85.8 Å². The van der Waals surface area contributed by atoms with Gasteiger partial charge in [-0.1, -0.05) is 0 Å². The highest BCUT2D eigenvalue weighted by Crippen LogP contribution is 2.22. The summed E-state index contributed by atoms with van der Waals surface area (Å²) in [5, 5.41) is 1.49. The van der Waals surface area contributed by atoms with E-state index >= 15 is 0 Å². The van der Waals surface area contributed by atoms with Crippen molar-refractivity contribution >= 4 is 11.8 Å². The normalized spacial score (nSPS) is 26.8. The van der Waals surface area contributed by atoms with Gasteiger partial charge in [0.15, 0.2) is 0 Å². The first-order valence-electron chi connectivity index (χ1n) is 8.76. The summed E-state index contributed by atoms with van der Waals surface area (Å²) in [6, 6.07) is 0. The fourth-order valence-corrected chi connectivity index (χ4v) is 3.47. The van der Waals surface area contributed by atoms with Crippen LogP contribution >= 0.6 is 0 Å². The second kappa shape index (κ2) is 8.08. The Labute approximate surface area is 137 Å². The molecule has 0 N–H and O–H groups in total. The highest BCUT2D eigenvalue weighted by molar-refractivity contribution is 5.83. The number of carbonyl (C=O) groups is 2. The first-order valence-corrected chi connectivity index (χ1v) is 8.76. The molecule has 7 heteroatoms. The standard InChI is InChI=1S/C16H27N3O4/c20-15-4-3-14(16(21)19-7-2-10-23-19)13-18(15)6-1-5-17-8-11-22-12-9-17/h14H,1-13H2. The Morgan fingerprint density at radius 3 is 2.70 bits per heavy atom. The van der Waals surface area contributed by atoms with Gasteiger partial charge >= 0.3 is 0 Å². The molecular formula is C16H27N3O4. The molecule has 2 amide bonds. The lowest BCUT2D eigenvalue weighted by atomic mass is 9.96. The van der Waals surface area contributed by atoms with Crippen LogP contribution in [0.2, 0.25) is 0 Å². The molecule has 7 nitrogen and oxygen atoms in total. The maximum absolute atomic E-state index is 12.4. The smallest absolute Gasteiger partial charge is 0.251 e. The maximum atomic E-state index is 12.4. The van der Waals surface area contributed by atoms with Crippen molar-refractivity contribution in [2.45, 2.75) is 25.7 Å². The van der Waals surface area contributed by atoms with E-state index in [-0.39, 0.29) is 17.7 Å². The van der Waals surface area contributed by atoms with Gasteiger partial charge in [-0.2, -0.15) is 0 Å². The van der Waals surface area contributed by atoms with Gasteiger partial charge in [0.1, 0.15) is 0 Å². The molecule has 0 aromatic heterocycles. The summed E-state index contributed by atoms with van der Waals surface area (Å²) in [5.41, 5.74) is 0. The van der Waals surface area contributed by atoms with Gasteiger partial charge in [0.05, 0.1) is 32.3 Å². The molecule has 3 rings (SSSR count). The summed E-state index contributed by atoms with van der Waals surface area (Å²) in [7, 11) is 0. The molecule has 1 atom stereocenters. The fraction of sp³-hybridized carbons (Fsp3) is 0.875. The lowest BCUT2D eigenvalue weighted by molar-refractivity contribution is -0.175. The van der Waals surface area contributed by atoms with Gasteiger partial charge in [0.25, 0.3) is 5.91 Å². The molecule has 3 aliphatic rings. The summed E-state index contributed by atoms with van der Waals surface area (Å²) in [4.78, 5) is 34.1. The van der Waals surface area contributed by atoms with E-state index in [4.69, 9.17) is 9.57 Å². The number of morpholine rings is 1. The lowest BCUT2D eigenvalue weighted by Crippen LogP contribution is -2.47. The first kappa shape index (κ1) is 16.7. The van der Waals surface area contributed by atoms with Crippen LogP contribution in [0, 0.1) is 5.92 Å². The Morgan fingerprint density at radius 2 is 1.96 bits per heavy atom. The van der Waals surface area contributed by atoms with E-state index in [2.05, 4.69) is 4.90 Å². The molecule has 0 aromatic carbocycles. The van der Waals surface area contributed by atoms with Crippen molar-refractivity contribution in [3.63, 3.8) is 0 Å². The van der Waals surface area contributed by atoms with Gasteiger partial charge in [0, 0.05) is 39.1 Å². The lowest BCUT2D eigenvalue weighted by Gasteiger charge is -2.34. The molecule has 0 spiro atoms. The number of hydroxylamine groups is 2. The Bertz CT molecular complexity index is 420. The van der Waals surface area contributed by atoms with E-state index in [0.29, 0.717) is 32.5 Å². The zero-order valence-corrected chi connectivity index (χ0v) is 13.7. The van der Waals surface area contributed by atoms with Crippen LogP contribution in [0.15, 0.2) is 0 Å². The third-order valence-electron chi connectivity index (χ3n) is 4.85. The quantitative estimate of drug-likeness (QED) is 0.718. The second-order valence-corrected chi connectivity index (χ2v) is 6.51. The average Bonchev–Trinajstić information content (AvgIpc) is 3.11. The van der Waals surface area contributed by atoms with E-state index in [1.165, 1.54) is 5.06 Å². The van der Waals surface area contributed by atoms with Crippen LogP contribution < -0.4 is 0 Å². The number of ether oxygens (including phenoxy) is 1. The van der Waals surface area contributed by atoms with Crippen molar-refractivity contribution in [2.75, 3.05) is 59.1 Å². The topological polar surface area (TPSA) is 62.3 Å². The molecule has 130 valence electrons. The number of hydrogen-bond donors (Lipinski definition) is 0. The molecule has 1 unspecified atom stereocenters. The van der Waals surface area contributed by atoms with Crippen LogP contribution in [0.25, 0.3) is 0 Å². The van der Waals surface area contributed by atoms with Gasteiger partial charge < -0.3 is 9.64 Å². The molecule has 3 aliphatic heterocycles. The average molecular weight is 325 g/mol. The number of amides is 2. The van der Waals surface area contributed by atoms with Crippen LogP contribution in [0.1, 0.15) is 25.7 Å². The molecule has 0 aliphatic carbocycles. The molecule has 3 fully saturated rings. The Balaban J connectivity index is 1.43. The van der Waals surface area contributed by atoms with Crippen molar-refractivity contribution < 1.29 is 19.2 Å². The predicted molar refractivity (Wildman–Crippen MR) is 83.5 cm³/mol. The number of likely N-dealkylation sites (tertiary alicyclic amines) is 1. The second-order valence-electron chi connectivity index (χ2n) is 6.51. The largest absolute Gasteiger partial charge is 0.379 e. The Hall–Kier alpha value is -1.18. The monoisotopic (exact) mass is 325 g/mol. The first-order chi connectivity index (χ1) is 11.2. The van der Waals surface area contributed by atoms with Gasteiger partial charge in [0.2, 0.25) is 5.91 Å². The number of piperidine rings is 1. The zero-order chi connectivity index (χ0) is 16.1. The van der Waals surface area contributed by atoms with Gasteiger partial charge in [-0.05, 0) is 19.3 Å². The zero-order valence-electron chi connectivity index (χ0n) is 13.7. The number of carbonyl (C=O) groups excluding carboxylic acids is 2. The molecule has 0 bridgehead atoms. The van der Waals surface area contributed by atoms with Crippen molar-refractivity contribution in [2.24, 2.45) is 5.92 Å². The summed E-state index contributed by atoms with van der Waals surface area (Å²) in [6.45, 7) is 7.12. The van der Waals surface area contributed by atoms with Crippen LogP contribution in [0.3, 0.4) is 0 Å². The van der Waals surface area contributed by atoms with E-state index in [9.17, 15) is 9.59 Å². The summed E-state index contributed by atoms with van der Waals surface area (Å²) in [5.74, 6) is 0.126. The molecule has 23 heavy (non-hydrogen) atoms. The minimum atomic E-state index is -0.103. The fourth-order valence-electron chi connectivity index (χ4n) is 3.47. The van der Waals surface area contributed by atoms with Crippen LogP contribution in [-0.2, 0) is 19.2 Å². The Kier molecular flexibility index (Phi) is 5.85. The SMILES string of the molecule is O=C1CCC(C(=O)N2CCCO2)CN1CCCN1CCOCC1. The Morgan fingerprint density at radius 1 is 1.13 bits per heavy atom. The van der Waals surface area contributed by atoms with E-state index in [1.807, 2.05) is 4.90 Å². The maximum Gasteiger partial charge on any atom is 0.251 e. The minimum Gasteiger partial charge on any atom is -0.379 e. The summed E-state index contributed by atoms with van der Waals surface area (Å²) >= 11 is 0.